The molecule has 2 N–H and O–H groups in total. The molecule has 0 amide bonds. The summed E-state index contributed by atoms with van der Waals surface area (Å²) < 4.78 is 0.536. The number of nitrogens with zero attached hydrogens (tertiary/aromatic N) is 1. The zero-order valence-corrected chi connectivity index (χ0v) is 7.42. The van der Waals surface area contributed by atoms with Crippen molar-refractivity contribution >= 4 is 26.4 Å². The van der Waals surface area contributed by atoms with Gasteiger partial charge in [0.05, 0.1) is 0 Å². The molecule has 0 radical (unpaired) electrons. The molecule has 0 aliphatic carbocycles. The molecule has 0 aromatic rings. The Morgan fingerprint density at radius 3 is 2.67 bits per heavy atom. The third kappa shape index (κ3) is 5.55. The maximum Gasteiger partial charge on any atom is 0.161 e. The highest BCUT2D eigenvalue weighted by Crippen LogP contribution is 1.93. The Morgan fingerprint density at radius 1 is 1.78 bits per heavy atom. The van der Waals surface area contributed by atoms with Crippen molar-refractivity contribution < 1.29 is 0 Å². The smallest absolute Gasteiger partial charge is 0.161 e. The van der Waals surface area contributed by atoms with Crippen LogP contribution in [0.25, 0.3) is 0 Å². The fourth-order valence-electron chi connectivity index (χ4n) is 0.216. The van der Waals surface area contributed by atoms with E-state index in [4.69, 9.17) is 5.73 Å². The minimum Gasteiger partial charge on any atom is -0.379 e. The Bertz CT molecular complexity index is 154. The maximum atomic E-state index is 5.25. The predicted molar refractivity (Wildman–Crippen MR) is 49.6 cm³/mol. The zero-order valence-electron chi connectivity index (χ0n) is 5.26. The van der Waals surface area contributed by atoms with E-state index in [-0.39, 0.29) is 0 Å². The van der Waals surface area contributed by atoms with E-state index in [1.165, 1.54) is 0 Å². The summed E-state index contributed by atoms with van der Waals surface area (Å²) in [5.41, 5.74) is 6.26. The van der Waals surface area contributed by atoms with Crippen LogP contribution in [0, 0.1) is 0 Å². The van der Waals surface area contributed by atoms with Crippen molar-refractivity contribution in [3.8, 4) is 0 Å². The lowest BCUT2D eigenvalue weighted by Gasteiger charge is -1.84. The van der Waals surface area contributed by atoms with E-state index >= 15 is 0 Å². The van der Waals surface area contributed by atoms with Gasteiger partial charge in [-0.15, -0.1) is 0 Å². The number of amidine groups is 1. The highest BCUT2D eigenvalue weighted by molar-refractivity contribution is 14.1. The first-order valence-corrected chi connectivity index (χ1v) is 3.52. The average Bonchev–Trinajstić information content (AvgIpc) is 1.83. The molecule has 50 valence electrons. The monoisotopic (exact) mass is 236 g/mol. The van der Waals surface area contributed by atoms with Crippen molar-refractivity contribution in [2.24, 2.45) is 10.7 Å². The molecule has 0 fully saturated rings. The summed E-state index contributed by atoms with van der Waals surface area (Å²) in [6.45, 7) is 5.47. The number of nitrogens with two attached hydrogens (primary N) is 1. The molecule has 3 heteroatoms. The SMILES string of the molecule is C=C/C(C)=C\N=C(N)I. The number of hydrogen-bond donors (Lipinski definition) is 1. The number of aliphatic imine (C=N–C) groups is 1. The van der Waals surface area contributed by atoms with Gasteiger partial charge in [-0.1, -0.05) is 12.7 Å². The van der Waals surface area contributed by atoms with Crippen molar-refractivity contribution in [2.45, 2.75) is 6.92 Å². The van der Waals surface area contributed by atoms with Crippen molar-refractivity contribution in [3.05, 3.63) is 24.4 Å². The standard InChI is InChI=1S/C6H9IN2/c1-3-5(2)4-9-6(7)8/h3-4H,1H2,2H3,(H2,8,9)/b5-4-. The molecular formula is C6H9IN2. The second kappa shape index (κ2) is 4.55. The van der Waals surface area contributed by atoms with E-state index in [0.29, 0.717) is 3.84 Å². The van der Waals surface area contributed by atoms with E-state index < -0.39 is 0 Å². The normalized spacial score (nSPS) is 13.6. The van der Waals surface area contributed by atoms with Crippen LogP contribution in [0.15, 0.2) is 29.4 Å². The largest absolute Gasteiger partial charge is 0.379 e. The topological polar surface area (TPSA) is 38.4 Å². The van der Waals surface area contributed by atoms with Crippen LogP contribution in [0.1, 0.15) is 6.92 Å². The van der Waals surface area contributed by atoms with Gasteiger partial charge in [0.1, 0.15) is 0 Å². The Labute approximate surface area is 68.7 Å². The third-order valence-electron chi connectivity index (χ3n) is 0.713. The lowest BCUT2D eigenvalue weighted by Crippen LogP contribution is -1.98. The fourth-order valence-corrected chi connectivity index (χ4v) is 0.355. The van der Waals surface area contributed by atoms with Gasteiger partial charge in [0.15, 0.2) is 3.84 Å². The minimum atomic E-state index is 0.536. The van der Waals surface area contributed by atoms with E-state index in [9.17, 15) is 0 Å². The second-order valence-electron chi connectivity index (χ2n) is 1.53. The van der Waals surface area contributed by atoms with Crippen molar-refractivity contribution in [1.29, 1.82) is 0 Å². The molecule has 0 aromatic heterocycles. The highest BCUT2D eigenvalue weighted by Gasteiger charge is 1.77. The Hall–Kier alpha value is -0.320. The molecule has 0 rings (SSSR count). The van der Waals surface area contributed by atoms with Crippen molar-refractivity contribution in [2.75, 3.05) is 0 Å². The Balaban J connectivity index is 3.98. The van der Waals surface area contributed by atoms with Crippen LogP contribution in [0.2, 0.25) is 0 Å². The average molecular weight is 236 g/mol. The summed E-state index contributed by atoms with van der Waals surface area (Å²) in [6, 6.07) is 0. The molecule has 0 saturated heterocycles. The van der Waals surface area contributed by atoms with Gasteiger partial charge < -0.3 is 5.73 Å². The second-order valence-corrected chi connectivity index (χ2v) is 2.63. The van der Waals surface area contributed by atoms with E-state index in [2.05, 4.69) is 11.6 Å². The molecule has 0 atom stereocenters. The molecule has 0 aromatic carbocycles. The molecule has 0 aliphatic rings. The number of halogens is 1. The first-order chi connectivity index (χ1) is 4.16. The molecule has 0 saturated carbocycles. The summed E-state index contributed by atoms with van der Waals surface area (Å²) in [5, 5.41) is 0. The van der Waals surface area contributed by atoms with Crippen LogP contribution < -0.4 is 5.73 Å². The minimum absolute atomic E-state index is 0.536. The van der Waals surface area contributed by atoms with Crippen molar-refractivity contribution in [3.63, 3.8) is 0 Å². The van der Waals surface area contributed by atoms with Crippen LogP contribution in [0.3, 0.4) is 0 Å². The molecule has 9 heavy (non-hydrogen) atoms. The van der Waals surface area contributed by atoms with Crippen molar-refractivity contribution in [1.82, 2.24) is 0 Å². The van der Waals surface area contributed by atoms with Crippen LogP contribution in [-0.4, -0.2) is 3.84 Å². The van der Waals surface area contributed by atoms with Gasteiger partial charge in [0.2, 0.25) is 0 Å². The molecular weight excluding hydrogens is 227 g/mol. The molecule has 2 nitrogen and oxygen atoms in total. The summed E-state index contributed by atoms with van der Waals surface area (Å²) in [5.74, 6) is 0. The summed E-state index contributed by atoms with van der Waals surface area (Å²) in [6.07, 6.45) is 3.40. The van der Waals surface area contributed by atoms with Gasteiger partial charge in [-0.3, -0.25) is 0 Å². The van der Waals surface area contributed by atoms with Gasteiger partial charge in [-0.25, -0.2) is 4.99 Å². The van der Waals surface area contributed by atoms with Gasteiger partial charge >= 0.3 is 0 Å². The van der Waals surface area contributed by atoms with E-state index in [1.54, 1.807) is 12.3 Å². The summed E-state index contributed by atoms with van der Waals surface area (Å²) in [4.78, 5) is 3.84. The van der Waals surface area contributed by atoms with Gasteiger partial charge in [0, 0.05) is 6.20 Å². The number of rotatable bonds is 2. The zero-order chi connectivity index (χ0) is 7.28. The van der Waals surface area contributed by atoms with Gasteiger partial charge in [0.25, 0.3) is 0 Å². The summed E-state index contributed by atoms with van der Waals surface area (Å²) in [7, 11) is 0. The molecule has 0 aliphatic heterocycles. The highest BCUT2D eigenvalue weighted by atomic mass is 127. The van der Waals surface area contributed by atoms with Gasteiger partial charge in [-0.2, -0.15) is 0 Å². The quantitative estimate of drug-likeness (QED) is 0.256. The maximum absolute atomic E-state index is 5.25. The van der Waals surface area contributed by atoms with Crippen LogP contribution >= 0.6 is 22.6 Å². The fraction of sp³-hybridized carbons (Fsp3) is 0.167. The summed E-state index contributed by atoms with van der Waals surface area (Å²) >= 11 is 1.94. The first kappa shape index (κ1) is 8.68. The predicted octanol–water partition coefficient (Wildman–Crippen LogP) is 1.83. The van der Waals surface area contributed by atoms with E-state index in [0.717, 1.165) is 5.57 Å². The first-order valence-electron chi connectivity index (χ1n) is 2.45. The van der Waals surface area contributed by atoms with Crippen LogP contribution in [0.4, 0.5) is 0 Å². The lowest BCUT2D eigenvalue weighted by atomic mass is 10.3. The molecule has 0 unspecified atom stereocenters. The number of hydrogen-bond acceptors (Lipinski definition) is 1. The molecule has 0 spiro atoms. The Kier molecular flexibility index (Phi) is 4.39. The van der Waals surface area contributed by atoms with Gasteiger partial charge in [-0.05, 0) is 35.1 Å². The molecule has 0 heterocycles. The van der Waals surface area contributed by atoms with Crippen LogP contribution in [-0.2, 0) is 0 Å². The third-order valence-corrected chi connectivity index (χ3v) is 0.992. The lowest BCUT2D eigenvalue weighted by molar-refractivity contribution is 1.43. The Morgan fingerprint density at radius 2 is 2.33 bits per heavy atom. The van der Waals surface area contributed by atoms with Crippen LogP contribution in [0.5, 0.6) is 0 Å². The number of allylic oxidation sites excluding steroid dienone is 2. The molecule has 0 bridgehead atoms. The van der Waals surface area contributed by atoms with E-state index in [1.807, 2.05) is 29.5 Å².